The topological polar surface area (TPSA) is 47.0 Å². The maximum Gasteiger partial charge on any atom is 0.433 e. The van der Waals surface area contributed by atoms with Crippen molar-refractivity contribution in [1.29, 1.82) is 0 Å². The van der Waals surface area contributed by atoms with Gasteiger partial charge in [-0.05, 0) is 32.6 Å². The molecule has 1 aliphatic rings. The number of rotatable bonds is 4. The van der Waals surface area contributed by atoms with Crippen LogP contribution in [0.25, 0.3) is 0 Å². The highest BCUT2D eigenvalue weighted by Crippen LogP contribution is 2.31. The summed E-state index contributed by atoms with van der Waals surface area (Å²) in [6, 6.07) is 0.870. The van der Waals surface area contributed by atoms with Crippen molar-refractivity contribution in [2.45, 2.75) is 51.3 Å². The summed E-state index contributed by atoms with van der Waals surface area (Å²) in [6.07, 6.45) is 0.417. The van der Waals surface area contributed by atoms with Gasteiger partial charge in [0.1, 0.15) is 6.10 Å². The predicted octanol–water partition coefficient (Wildman–Crippen LogP) is 3.64. The van der Waals surface area contributed by atoms with Crippen LogP contribution in [0.4, 0.5) is 19.1 Å². The Labute approximate surface area is 115 Å². The first-order valence-corrected chi connectivity index (χ1v) is 6.86. The number of hydrogen-bond donors (Lipinski definition) is 1. The first kappa shape index (κ1) is 14.9. The molecular formula is C13H18F3N3O. The molecule has 20 heavy (non-hydrogen) atoms. The molecule has 1 N–H and O–H groups in total. The highest BCUT2D eigenvalue weighted by atomic mass is 19.4. The number of aromatic nitrogens is 2. The number of nitrogens with zero attached hydrogens (tertiary/aromatic N) is 2. The Morgan fingerprint density at radius 2 is 1.95 bits per heavy atom. The van der Waals surface area contributed by atoms with Crippen molar-refractivity contribution >= 4 is 5.95 Å². The van der Waals surface area contributed by atoms with Gasteiger partial charge in [-0.3, -0.25) is 0 Å². The van der Waals surface area contributed by atoms with Gasteiger partial charge >= 0.3 is 6.18 Å². The van der Waals surface area contributed by atoms with Crippen LogP contribution in [0.5, 0.6) is 5.88 Å². The fourth-order valence-corrected chi connectivity index (χ4v) is 2.22. The SMILES string of the molecule is CCNc1nc(OC2CCCCC2)cc(C(F)(F)F)n1. The lowest BCUT2D eigenvalue weighted by Crippen LogP contribution is -2.21. The van der Waals surface area contributed by atoms with Crippen LogP contribution < -0.4 is 10.1 Å². The molecule has 0 aliphatic heterocycles. The van der Waals surface area contributed by atoms with Crippen LogP contribution in [0.3, 0.4) is 0 Å². The minimum atomic E-state index is -4.50. The minimum absolute atomic E-state index is 0.00447. The summed E-state index contributed by atoms with van der Waals surface area (Å²) in [6.45, 7) is 2.22. The fraction of sp³-hybridized carbons (Fsp3) is 0.692. The molecule has 1 fully saturated rings. The third-order valence-electron chi connectivity index (χ3n) is 3.17. The molecule has 1 aromatic rings. The highest BCUT2D eigenvalue weighted by Gasteiger charge is 2.34. The lowest BCUT2D eigenvalue weighted by atomic mass is 9.98. The predicted molar refractivity (Wildman–Crippen MR) is 68.7 cm³/mol. The Balaban J connectivity index is 2.19. The maximum absolute atomic E-state index is 12.8. The summed E-state index contributed by atoms with van der Waals surface area (Å²) >= 11 is 0. The standard InChI is InChI=1S/C13H18F3N3O/c1-2-17-12-18-10(13(14,15)16)8-11(19-12)20-9-6-4-3-5-7-9/h8-9H,2-7H2,1H3,(H,17,18,19). The number of nitrogens with one attached hydrogen (secondary N) is 1. The van der Waals surface area contributed by atoms with E-state index in [2.05, 4.69) is 15.3 Å². The van der Waals surface area contributed by atoms with Crippen molar-refractivity contribution in [3.63, 3.8) is 0 Å². The molecule has 0 aromatic carbocycles. The zero-order valence-corrected chi connectivity index (χ0v) is 11.3. The van der Waals surface area contributed by atoms with E-state index in [-0.39, 0.29) is 17.9 Å². The number of hydrogen-bond acceptors (Lipinski definition) is 4. The molecule has 7 heteroatoms. The Kier molecular flexibility index (Phi) is 4.67. The second kappa shape index (κ2) is 6.28. The third kappa shape index (κ3) is 3.98. The first-order valence-electron chi connectivity index (χ1n) is 6.86. The van der Waals surface area contributed by atoms with Crippen LogP contribution in [0.15, 0.2) is 6.07 Å². The van der Waals surface area contributed by atoms with Gasteiger partial charge in [0.05, 0.1) is 0 Å². The van der Waals surface area contributed by atoms with Crippen LogP contribution in [-0.2, 0) is 6.18 Å². The summed E-state index contributed by atoms with van der Waals surface area (Å²) < 4.78 is 44.0. The molecule has 112 valence electrons. The molecule has 0 unspecified atom stereocenters. The molecule has 4 nitrogen and oxygen atoms in total. The molecule has 1 aromatic heterocycles. The van der Waals surface area contributed by atoms with Crippen molar-refractivity contribution in [1.82, 2.24) is 9.97 Å². The monoisotopic (exact) mass is 289 g/mol. The van der Waals surface area contributed by atoms with Gasteiger partial charge in [0.2, 0.25) is 11.8 Å². The summed E-state index contributed by atoms with van der Waals surface area (Å²) in [4.78, 5) is 7.45. The average Bonchev–Trinajstić information content (AvgIpc) is 2.39. The van der Waals surface area contributed by atoms with Crippen LogP contribution in [-0.4, -0.2) is 22.6 Å². The van der Waals surface area contributed by atoms with E-state index in [1.165, 1.54) is 0 Å². The van der Waals surface area contributed by atoms with Crippen molar-refractivity contribution < 1.29 is 17.9 Å². The zero-order valence-electron chi connectivity index (χ0n) is 11.3. The van der Waals surface area contributed by atoms with Gasteiger partial charge in [0, 0.05) is 12.6 Å². The van der Waals surface area contributed by atoms with Crippen LogP contribution in [0.1, 0.15) is 44.7 Å². The highest BCUT2D eigenvalue weighted by molar-refractivity contribution is 5.32. The van der Waals surface area contributed by atoms with Crippen molar-refractivity contribution in [2.24, 2.45) is 0 Å². The Bertz CT molecular complexity index is 445. The van der Waals surface area contributed by atoms with Gasteiger partial charge < -0.3 is 10.1 Å². The summed E-state index contributed by atoms with van der Waals surface area (Å²) in [5.41, 5.74) is -0.978. The first-order chi connectivity index (χ1) is 9.49. The van der Waals surface area contributed by atoms with Gasteiger partial charge in [-0.2, -0.15) is 18.2 Å². The molecule has 0 amide bonds. The quantitative estimate of drug-likeness (QED) is 0.919. The summed E-state index contributed by atoms with van der Waals surface area (Å²) in [5, 5.41) is 2.70. The maximum atomic E-state index is 12.8. The smallest absolute Gasteiger partial charge is 0.433 e. The summed E-state index contributed by atoms with van der Waals surface area (Å²) in [7, 11) is 0. The van der Waals surface area contributed by atoms with Crippen LogP contribution >= 0.6 is 0 Å². The van der Waals surface area contributed by atoms with E-state index in [1.807, 2.05) is 0 Å². The van der Waals surface area contributed by atoms with Crippen LogP contribution in [0, 0.1) is 0 Å². The van der Waals surface area contributed by atoms with E-state index in [1.54, 1.807) is 6.92 Å². The third-order valence-corrected chi connectivity index (χ3v) is 3.17. The Morgan fingerprint density at radius 3 is 2.55 bits per heavy atom. The van der Waals surface area contributed by atoms with E-state index >= 15 is 0 Å². The van der Waals surface area contributed by atoms with E-state index in [0.717, 1.165) is 38.2 Å². The second-order valence-electron chi connectivity index (χ2n) is 4.82. The van der Waals surface area contributed by atoms with Gasteiger partial charge in [0.25, 0.3) is 0 Å². The fourth-order valence-electron chi connectivity index (χ4n) is 2.22. The van der Waals surface area contributed by atoms with E-state index in [9.17, 15) is 13.2 Å². The number of halogens is 3. The Morgan fingerprint density at radius 1 is 1.25 bits per heavy atom. The van der Waals surface area contributed by atoms with Gasteiger partial charge in [-0.15, -0.1) is 0 Å². The molecule has 2 rings (SSSR count). The van der Waals surface area contributed by atoms with Gasteiger partial charge in [-0.25, -0.2) is 4.98 Å². The van der Waals surface area contributed by atoms with E-state index in [0.29, 0.717) is 6.54 Å². The number of anilines is 1. The molecule has 1 aliphatic carbocycles. The normalized spacial score (nSPS) is 17.0. The van der Waals surface area contributed by atoms with Gasteiger partial charge in [0.15, 0.2) is 5.69 Å². The van der Waals surface area contributed by atoms with Crippen molar-refractivity contribution in [3.8, 4) is 5.88 Å². The van der Waals surface area contributed by atoms with Gasteiger partial charge in [-0.1, -0.05) is 6.42 Å². The lowest BCUT2D eigenvalue weighted by Gasteiger charge is -2.22. The number of alkyl halides is 3. The molecular weight excluding hydrogens is 271 g/mol. The van der Waals surface area contributed by atoms with E-state index in [4.69, 9.17) is 4.74 Å². The zero-order chi connectivity index (χ0) is 14.6. The van der Waals surface area contributed by atoms with Crippen molar-refractivity contribution in [2.75, 3.05) is 11.9 Å². The van der Waals surface area contributed by atoms with E-state index < -0.39 is 11.9 Å². The molecule has 1 saturated carbocycles. The lowest BCUT2D eigenvalue weighted by molar-refractivity contribution is -0.141. The molecule has 0 saturated heterocycles. The molecule has 0 radical (unpaired) electrons. The van der Waals surface area contributed by atoms with Crippen molar-refractivity contribution in [3.05, 3.63) is 11.8 Å². The summed E-state index contributed by atoms with van der Waals surface area (Å²) in [5.74, 6) is -0.0525. The molecule has 1 heterocycles. The van der Waals surface area contributed by atoms with Crippen LogP contribution in [0.2, 0.25) is 0 Å². The Hall–Kier alpha value is -1.53. The second-order valence-corrected chi connectivity index (χ2v) is 4.82. The number of ether oxygens (including phenoxy) is 1. The largest absolute Gasteiger partial charge is 0.474 e. The molecule has 0 atom stereocenters. The minimum Gasteiger partial charge on any atom is -0.474 e. The average molecular weight is 289 g/mol. The molecule has 0 spiro atoms. The molecule has 0 bridgehead atoms.